The molecular formula is C15H27BNO3P. The number of anilines is 1. The first-order chi connectivity index (χ1) is 9.25. The van der Waals surface area contributed by atoms with E-state index in [-0.39, 0.29) is 5.41 Å². The smallest absolute Gasteiger partial charge is 0.423 e. The van der Waals surface area contributed by atoms with E-state index in [4.69, 9.17) is 10.4 Å². The Hall–Kier alpha value is -0.765. The van der Waals surface area contributed by atoms with E-state index >= 15 is 0 Å². The summed E-state index contributed by atoms with van der Waals surface area (Å²) in [6.45, 7) is 13.4. The summed E-state index contributed by atoms with van der Waals surface area (Å²) >= 11 is 0. The third-order valence-electron chi connectivity index (χ3n) is 4.13. The van der Waals surface area contributed by atoms with E-state index in [9.17, 15) is 9.59 Å². The number of nitrogens with two attached hydrogens (primary N) is 1. The van der Waals surface area contributed by atoms with Crippen molar-refractivity contribution in [2.24, 2.45) is 5.41 Å². The van der Waals surface area contributed by atoms with Gasteiger partial charge in [0.2, 0.25) is 0 Å². The largest absolute Gasteiger partial charge is 0.491 e. The molecule has 0 aliphatic carbocycles. The van der Waals surface area contributed by atoms with Gasteiger partial charge in [-0.2, -0.15) is 0 Å². The SMILES string of the molecule is CC(C)(C)C(C)(C)OB(O)c1ccc(N)c(P(C)(C)=O)c1. The van der Waals surface area contributed by atoms with Crippen LogP contribution in [0, 0.1) is 5.41 Å². The highest BCUT2D eigenvalue weighted by Gasteiger charge is 2.37. The summed E-state index contributed by atoms with van der Waals surface area (Å²) in [6, 6.07) is 5.05. The van der Waals surface area contributed by atoms with Crippen LogP contribution in [0.25, 0.3) is 0 Å². The summed E-state index contributed by atoms with van der Waals surface area (Å²) in [5.74, 6) is 0. The van der Waals surface area contributed by atoms with Crippen LogP contribution in [0.2, 0.25) is 0 Å². The van der Waals surface area contributed by atoms with Gasteiger partial charge in [0.05, 0.1) is 5.60 Å². The molecule has 3 N–H and O–H groups in total. The van der Waals surface area contributed by atoms with Crippen molar-refractivity contribution in [3.8, 4) is 0 Å². The molecule has 1 aromatic carbocycles. The fraction of sp³-hybridized carbons (Fsp3) is 0.600. The Balaban J connectivity index is 3.10. The van der Waals surface area contributed by atoms with Crippen molar-refractivity contribution >= 4 is 30.7 Å². The number of hydrogen-bond donors (Lipinski definition) is 2. The van der Waals surface area contributed by atoms with Gasteiger partial charge < -0.3 is 20.0 Å². The molecule has 0 fully saturated rings. The molecule has 0 unspecified atom stereocenters. The lowest BCUT2D eigenvalue weighted by Crippen LogP contribution is -2.48. The highest BCUT2D eigenvalue weighted by Crippen LogP contribution is 2.37. The summed E-state index contributed by atoms with van der Waals surface area (Å²) in [6.07, 6.45) is 0. The molecule has 0 saturated carbocycles. The van der Waals surface area contributed by atoms with Crippen molar-refractivity contribution in [3.63, 3.8) is 0 Å². The minimum absolute atomic E-state index is 0.130. The van der Waals surface area contributed by atoms with E-state index < -0.39 is 19.9 Å². The molecule has 0 radical (unpaired) electrons. The van der Waals surface area contributed by atoms with Crippen LogP contribution in [0.4, 0.5) is 5.69 Å². The van der Waals surface area contributed by atoms with E-state index in [0.717, 1.165) is 0 Å². The van der Waals surface area contributed by atoms with Gasteiger partial charge in [0, 0.05) is 11.0 Å². The summed E-state index contributed by atoms with van der Waals surface area (Å²) in [5, 5.41) is 10.9. The molecule has 6 heteroatoms. The van der Waals surface area contributed by atoms with Crippen LogP contribution in [0.5, 0.6) is 0 Å². The first-order valence-electron chi connectivity index (χ1n) is 7.06. The first kappa shape index (κ1) is 18.3. The standard InChI is InChI=1S/C15H27BNO3P/c1-14(2,3)15(4,5)20-16(18)11-8-9-12(17)13(10-11)21(6,7)19/h8-10,18H,17H2,1-7H3. The van der Waals surface area contributed by atoms with Gasteiger partial charge in [-0.05, 0) is 50.2 Å². The van der Waals surface area contributed by atoms with Crippen molar-refractivity contribution in [1.82, 2.24) is 0 Å². The Morgan fingerprint density at radius 1 is 1.19 bits per heavy atom. The van der Waals surface area contributed by atoms with E-state index in [1.807, 2.05) is 13.8 Å². The van der Waals surface area contributed by atoms with Crippen LogP contribution in [0.1, 0.15) is 34.6 Å². The molecule has 1 aromatic rings. The van der Waals surface area contributed by atoms with E-state index in [1.54, 1.807) is 31.5 Å². The lowest BCUT2D eigenvalue weighted by atomic mass is 9.73. The molecule has 0 spiro atoms. The Bertz CT molecular complexity index is 561. The van der Waals surface area contributed by atoms with Crippen molar-refractivity contribution in [1.29, 1.82) is 0 Å². The van der Waals surface area contributed by atoms with Gasteiger partial charge in [-0.15, -0.1) is 0 Å². The van der Waals surface area contributed by atoms with Gasteiger partial charge in [0.25, 0.3) is 0 Å². The number of rotatable bonds is 4. The first-order valence-corrected chi connectivity index (χ1v) is 9.67. The topological polar surface area (TPSA) is 72.6 Å². The van der Waals surface area contributed by atoms with Gasteiger partial charge in [-0.1, -0.05) is 26.8 Å². The maximum absolute atomic E-state index is 12.3. The predicted octanol–water partition coefficient (Wildman–Crippen LogP) is 2.05. The Kier molecular flexibility index (Phi) is 5.04. The molecular weight excluding hydrogens is 284 g/mol. The van der Waals surface area contributed by atoms with Crippen LogP contribution in [-0.2, 0) is 9.22 Å². The molecule has 0 heterocycles. The fourth-order valence-corrected chi connectivity index (χ4v) is 2.86. The highest BCUT2D eigenvalue weighted by atomic mass is 31.2. The maximum atomic E-state index is 12.3. The van der Waals surface area contributed by atoms with Gasteiger partial charge in [0.15, 0.2) is 0 Å². The molecule has 0 amide bonds. The van der Waals surface area contributed by atoms with E-state index in [2.05, 4.69) is 20.8 Å². The van der Waals surface area contributed by atoms with Crippen LogP contribution in [-0.4, -0.2) is 31.1 Å². The lowest BCUT2D eigenvalue weighted by molar-refractivity contribution is -0.0129. The quantitative estimate of drug-likeness (QED) is 0.507. The van der Waals surface area contributed by atoms with Crippen molar-refractivity contribution < 1.29 is 14.2 Å². The summed E-state index contributed by atoms with van der Waals surface area (Å²) in [4.78, 5) is 0. The van der Waals surface area contributed by atoms with Crippen molar-refractivity contribution in [3.05, 3.63) is 18.2 Å². The van der Waals surface area contributed by atoms with Crippen molar-refractivity contribution in [2.45, 2.75) is 40.2 Å². The molecule has 0 atom stereocenters. The van der Waals surface area contributed by atoms with Crippen molar-refractivity contribution in [2.75, 3.05) is 19.1 Å². The minimum atomic E-state index is -2.50. The normalized spacial score (nSPS) is 13.3. The van der Waals surface area contributed by atoms with Gasteiger partial charge in [-0.25, -0.2) is 0 Å². The van der Waals surface area contributed by atoms with E-state index in [1.165, 1.54) is 0 Å². The molecule has 1 rings (SSSR count). The number of hydrogen-bond acceptors (Lipinski definition) is 4. The average molecular weight is 311 g/mol. The van der Waals surface area contributed by atoms with Gasteiger partial charge >= 0.3 is 7.12 Å². The van der Waals surface area contributed by atoms with Crippen LogP contribution in [0.15, 0.2) is 18.2 Å². The Labute approximate surface area is 128 Å². The summed E-state index contributed by atoms with van der Waals surface area (Å²) < 4.78 is 18.1. The van der Waals surface area contributed by atoms with Crippen LogP contribution >= 0.6 is 7.14 Å². The second-order valence-corrected chi connectivity index (χ2v) is 10.6. The molecule has 21 heavy (non-hydrogen) atoms. The minimum Gasteiger partial charge on any atom is -0.423 e. The fourth-order valence-electron chi connectivity index (χ4n) is 1.70. The van der Waals surface area contributed by atoms with Gasteiger partial charge in [-0.3, -0.25) is 0 Å². The molecule has 0 aromatic heterocycles. The zero-order chi connectivity index (χ0) is 16.6. The maximum Gasteiger partial charge on any atom is 0.491 e. The zero-order valence-electron chi connectivity index (χ0n) is 14.1. The second kappa shape index (κ2) is 5.79. The molecule has 4 nitrogen and oxygen atoms in total. The molecule has 0 aliphatic heterocycles. The molecule has 0 bridgehead atoms. The van der Waals surface area contributed by atoms with Crippen LogP contribution < -0.4 is 16.5 Å². The monoisotopic (exact) mass is 311 g/mol. The lowest BCUT2D eigenvalue weighted by Gasteiger charge is -2.40. The Morgan fingerprint density at radius 3 is 2.14 bits per heavy atom. The van der Waals surface area contributed by atoms with Gasteiger partial charge in [0.1, 0.15) is 7.14 Å². The summed E-state index contributed by atoms with van der Waals surface area (Å²) in [7, 11) is -3.58. The van der Waals surface area contributed by atoms with E-state index in [0.29, 0.717) is 16.5 Å². The molecule has 118 valence electrons. The number of benzene rings is 1. The zero-order valence-corrected chi connectivity index (χ0v) is 15.0. The Morgan fingerprint density at radius 2 is 1.71 bits per heavy atom. The summed E-state index contributed by atoms with van der Waals surface area (Å²) in [5.41, 5.74) is 6.28. The average Bonchev–Trinajstić information content (AvgIpc) is 2.25. The third-order valence-corrected chi connectivity index (χ3v) is 5.68. The van der Waals surface area contributed by atoms with Crippen LogP contribution in [0.3, 0.4) is 0 Å². The highest BCUT2D eigenvalue weighted by molar-refractivity contribution is 7.70. The molecule has 0 aliphatic rings. The number of nitrogen functional groups attached to an aromatic ring is 1. The predicted molar refractivity (Wildman–Crippen MR) is 92.2 cm³/mol. The third kappa shape index (κ3) is 4.35. The molecule has 0 saturated heterocycles. The second-order valence-electron chi connectivity index (χ2n) is 7.40.